The summed E-state index contributed by atoms with van der Waals surface area (Å²) in [7, 11) is 0. The van der Waals surface area contributed by atoms with Crippen molar-refractivity contribution in [2.45, 2.75) is 57.7 Å². The van der Waals surface area contributed by atoms with Gasteiger partial charge in [0.1, 0.15) is 5.00 Å². The van der Waals surface area contributed by atoms with Crippen molar-refractivity contribution in [1.29, 1.82) is 0 Å². The average molecular weight is 430 g/mol. The number of carboxylic acids is 1. The molecule has 0 amide bonds. The molecule has 1 fully saturated rings. The molecule has 154 valence electrons. The Bertz CT molecular complexity index is 876. The van der Waals surface area contributed by atoms with Crippen molar-refractivity contribution in [3.8, 4) is 0 Å². The van der Waals surface area contributed by atoms with Gasteiger partial charge in [-0.25, -0.2) is 4.79 Å². The Kier molecular flexibility index (Phi) is 6.47. The highest BCUT2D eigenvalue weighted by molar-refractivity contribution is 7.80. The predicted molar refractivity (Wildman–Crippen MR) is 122 cm³/mol. The van der Waals surface area contributed by atoms with Gasteiger partial charge in [-0.1, -0.05) is 49.6 Å². The normalized spacial score (nSPS) is 17.5. The van der Waals surface area contributed by atoms with E-state index in [4.69, 9.17) is 12.2 Å². The minimum Gasteiger partial charge on any atom is -0.478 e. The van der Waals surface area contributed by atoms with Gasteiger partial charge >= 0.3 is 5.97 Å². The second kappa shape index (κ2) is 9.24. The summed E-state index contributed by atoms with van der Waals surface area (Å²) in [5.74, 6) is -0.873. The molecule has 1 saturated carbocycles. The first-order valence-corrected chi connectivity index (χ1v) is 11.5. The average Bonchev–Trinajstić information content (AvgIpc) is 3.06. The zero-order valence-electron chi connectivity index (χ0n) is 16.4. The summed E-state index contributed by atoms with van der Waals surface area (Å²) in [6, 6.07) is 10.8. The fraction of sp³-hybridized carbons (Fsp3) is 0.455. The standard InChI is InChI=1S/C22H27N3O2S2/c26-21(27)19-17-11-12-25(13-15-7-3-1-4-8-15)14-18(17)29-20(19)24-22(28)23-16-9-5-2-6-10-16/h1,3-4,7-8,16H,2,5-6,9-14H2,(H,26,27)(H2,23,24,28). The van der Waals surface area contributed by atoms with Gasteiger partial charge < -0.3 is 15.7 Å². The third-order valence-electron chi connectivity index (χ3n) is 5.77. The van der Waals surface area contributed by atoms with E-state index in [0.29, 0.717) is 21.7 Å². The van der Waals surface area contributed by atoms with Crippen LogP contribution < -0.4 is 10.6 Å². The van der Waals surface area contributed by atoms with E-state index in [1.165, 1.54) is 36.2 Å². The smallest absolute Gasteiger partial charge is 0.339 e. The molecule has 7 heteroatoms. The van der Waals surface area contributed by atoms with Gasteiger partial charge in [-0.2, -0.15) is 0 Å². The van der Waals surface area contributed by atoms with Crippen molar-refractivity contribution in [3.05, 3.63) is 51.9 Å². The summed E-state index contributed by atoms with van der Waals surface area (Å²) in [6.45, 7) is 2.52. The van der Waals surface area contributed by atoms with Crippen LogP contribution in [0.1, 0.15) is 58.5 Å². The maximum absolute atomic E-state index is 12.0. The molecule has 1 aromatic heterocycles. The number of fused-ring (bicyclic) bond motifs is 1. The summed E-state index contributed by atoms with van der Waals surface area (Å²) in [5, 5.41) is 17.6. The number of nitrogens with zero attached hydrogens (tertiary/aromatic N) is 1. The second-order valence-electron chi connectivity index (χ2n) is 7.89. The number of nitrogens with one attached hydrogen (secondary N) is 2. The first-order valence-electron chi connectivity index (χ1n) is 10.3. The molecule has 1 aliphatic heterocycles. The van der Waals surface area contributed by atoms with Gasteiger partial charge in [-0.3, -0.25) is 4.90 Å². The largest absolute Gasteiger partial charge is 0.478 e. The number of carboxylic acid groups (broad SMARTS) is 1. The first-order chi connectivity index (χ1) is 14.1. The van der Waals surface area contributed by atoms with Crippen molar-refractivity contribution in [3.63, 3.8) is 0 Å². The van der Waals surface area contributed by atoms with Crippen molar-refractivity contribution in [1.82, 2.24) is 10.2 Å². The lowest BCUT2D eigenvalue weighted by Gasteiger charge is -2.26. The van der Waals surface area contributed by atoms with Crippen molar-refractivity contribution >= 4 is 39.6 Å². The fourth-order valence-electron chi connectivity index (χ4n) is 4.32. The zero-order valence-corrected chi connectivity index (χ0v) is 18.1. The van der Waals surface area contributed by atoms with E-state index >= 15 is 0 Å². The molecule has 0 saturated heterocycles. The Balaban J connectivity index is 1.46. The van der Waals surface area contributed by atoms with Gasteiger partial charge in [0.2, 0.25) is 0 Å². The van der Waals surface area contributed by atoms with Gasteiger partial charge in [0.05, 0.1) is 5.56 Å². The number of thiophene rings is 1. The number of anilines is 1. The Morgan fingerprint density at radius 1 is 1.21 bits per heavy atom. The van der Waals surface area contributed by atoms with Crippen LogP contribution in [0, 0.1) is 0 Å². The van der Waals surface area contributed by atoms with Crippen LogP contribution in [-0.4, -0.2) is 33.7 Å². The number of carbonyl (C=O) groups is 1. The predicted octanol–water partition coefficient (Wildman–Crippen LogP) is 4.62. The van der Waals surface area contributed by atoms with Crippen LogP contribution in [0.3, 0.4) is 0 Å². The number of hydrogen-bond acceptors (Lipinski definition) is 4. The minimum atomic E-state index is -0.873. The van der Waals surface area contributed by atoms with Crippen LogP contribution >= 0.6 is 23.6 Å². The third-order valence-corrected chi connectivity index (χ3v) is 7.12. The topological polar surface area (TPSA) is 64.6 Å². The highest BCUT2D eigenvalue weighted by Gasteiger charge is 2.28. The van der Waals surface area contributed by atoms with E-state index in [0.717, 1.165) is 49.3 Å². The molecule has 3 N–H and O–H groups in total. The molecule has 5 nitrogen and oxygen atoms in total. The second-order valence-corrected chi connectivity index (χ2v) is 9.41. The monoisotopic (exact) mass is 429 g/mol. The van der Waals surface area contributed by atoms with Crippen LogP contribution in [0.25, 0.3) is 0 Å². The van der Waals surface area contributed by atoms with Crippen LogP contribution in [0.2, 0.25) is 0 Å². The van der Waals surface area contributed by atoms with E-state index in [9.17, 15) is 9.90 Å². The van der Waals surface area contributed by atoms with Crippen molar-refractivity contribution in [2.24, 2.45) is 0 Å². The molecule has 0 bridgehead atoms. The summed E-state index contributed by atoms with van der Waals surface area (Å²) < 4.78 is 0. The lowest BCUT2D eigenvalue weighted by atomic mass is 9.96. The van der Waals surface area contributed by atoms with E-state index in [1.54, 1.807) is 0 Å². The quantitative estimate of drug-likeness (QED) is 0.603. The molecule has 0 spiro atoms. The highest BCUT2D eigenvalue weighted by atomic mass is 32.1. The number of rotatable bonds is 5. The highest BCUT2D eigenvalue weighted by Crippen LogP contribution is 2.37. The molecule has 2 heterocycles. The summed E-state index contributed by atoms with van der Waals surface area (Å²) in [4.78, 5) is 15.5. The Labute approximate surface area is 181 Å². The Morgan fingerprint density at radius 2 is 1.97 bits per heavy atom. The SMILES string of the molecule is O=C(O)c1c(NC(=S)NC2CCCCC2)sc2c1CCN(Cc1ccccc1)C2. The summed E-state index contributed by atoms with van der Waals surface area (Å²) in [5.41, 5.74) is 2.65. The molecule has 4 rings (SSSR count). The summed E-state index contributed by atoms with van der Waals surface area (Å²) >= 11 is 7.03. The summed E-state index contributed by atoms with van der Waals surface area (Å²) in [6.07, 6.45) is 6.76. The van der Waals surface area contributed by atoms with Crippen LogP contribution in [0.4, 0.5) is 5.00 Å². The molecule has 1 aromatic carbocycles. The van der Waals surface area contributed by atoms with E-state index in [-0.39, 0.29) is 0 Å². The number of benzene rings is 1. The fourth-order valence-corrected chi connectivity index (χ4v) is 5.94. The van der Waals surface area contributed by atoms with E-state index in [2.05, 4.69) is 39.8 Å². The molecular formula is C22H27N3O2S2. The number of thiocarbonyl (C=S) groups is 1. The molecule has 1 aliphatic carbocycles. The minimum absolute atomic E-state index is 0.396. The third kappa shape index (κ3) is 4.97. The molecule has 0 unspecified atom stereocenters. The molecule has 2 aromatic rings. The maximum atomic E-state index is 12.0. The van der Waals surface area contributed by atoms with Crippen LogP contribution in [0.15, 0.2) is 30.3 Å². The molecule has 0 atom stereocenters. The van der Waals surface area contributed by atoms with Gasteiger partial charge in [0.15, 0.2) is 5.11 Å². The lowest BCUT2D eigenvalue weighted by Crippen LogP contribution is -2.38. The van der Waals surface area contributed by atoms with Gasteiger partial charge in [-0.15, -0.1) is 11.3 Å². The maximum Gasteiger partial charge on any atom is 0.339 e. The molecule has 2 aliphatic rings. The first kappa shape index (κ1) is 20.3. The van der Waals surface area contributed by atoms with Crippen LogP contribution in [0.5, 0.6) is 0 Å². The molecular weight excluding hydrogens is 402 g/mol. The van der Waals surface area contributed by atoms with Gasteiger partial charge in [-0.05, 0) is 42.6 Å². The van der Waals surface area contributed by atoms with Gasteiger partial charge in [0, 0.05) is 30.6 Å². The number of aromatic carboxylic acids is 1. The Hall–Kier alpha value is -1.96. The lowest BCUT2D eigenvalue weighted by molar-refractivity contribution is 0.0696. The van der Waals surface area contributed by atoms with Crippen molar-refractivity contribution in [2.75, 3.05) is 11.9 Å². The zero-order chi connectivity index (χ0) is 20.2. The Morgan fingerprint density at radius 3 is 2.69 bits per heavy atom. The molecule has 0 radical (unpaired) electrons. The number of hydrogen-bond donors (Lipinski definition) is 3. The van der Waals surface area contributed by atoms with E-state index in [1.807, 2.05) is 6.07 Å². The molecule has 29 heavy (non-hydrogen) atoms. The van der Waals surface area contributed by atoms with Gasteiger partial charge in [0.25, 0.3) is 0 Å². The van der Waals surface area contributed by atoms with Crippen LogP contribution in [-0.2, 0) is 19.5 Å². The van der Waals surface area contributed by atoms with Crippen molar-refractivity contribution < 1.29 is 9.90 Å². The van der Waals surface area contributed by atoms with E-state index < -0.39 is 5.97 Å².